The zero-order chi connectivity index (χ0) is 14.0. The standard InChI is InChI=1S/C15H21BrFNO/c1-2-10-5-6-15(8-10,9-18)14(19)12-4-3-11(16)7-13(12)17/h3-4,7,10,14,19H,2,5-6,8-9,18H2,1H3. The molecule has 0 bridgehead atoms. The number of halogens is 2. The highest BCUT2D eigenvalue weighted by molar-refractivity contribution is 9.10. The van der Waals surface area contributed by atoms with Crippen LogP contribution in [0, 0.1) is 17.2 Å². The topological polar surface area (TPSA) is 46.2 Å². The zero-order valence-corrected chi connectivity index (χ0v) is 12.8. The summed E-state index contributed by atoms with van der Waals surface area (Å²) in [5.41, 5.74) is 5.91. The molecule has 0 spiro atoms. The lowest BCUT2D eigenvalue weighted by molar-refractivity contribution is 0.0274. The van der Waals surface area contributed by atoms with Crippen LogP contribution >= 0.6 is 15.9 Å². The summed E-state index contributed by atoms with van der Waals surface area (Å²) in [6, 6.07) is 4.81. The first-order valence-electron chi connectivity index (χ1n) is 6.85. The minimum Gasteiger partial charge on any atom is -0.388 e. The first-order valence-corrected chi connectivity index (χ1v) is 7.65. The first-order chi connectivity index (χ1) is 9.02. The van der Waals surface area contributed by atoms with Crippen molar-refractivity contribution in [2.75, 3.05) is 6.54 Å². The Kier molecular flexibility index (Phi) is 4.64. The molecule has 106 valence electrons. The van der Waals surface area contributed by atoms with E-state index >= 15 is 0 Å². The van der Waals surface area contributed by atoms with Crippen molar-refractivity contribution in [1.29, 1.82) is 0 Å². The van der Waals surface area contributed by atoms with E-state index < -0.39 is 6.10 Å². The molecule has 1 aromatic carbocycles. The van der Waals surface area contributed by atoms with Crippen molar-refractivity contribution >= 4 is 15.9 Å². The summed E-state index contributed by atoms with van der Waals surface area (Å²) < 4.78 is 14.7. The van der Waals surface area contributed by atoms with Crippen molar-refractivity contribution in [3.05, 3.63) is 34.1 Å². The Labute approximate surface area is 122 Å². The van der Waals surface area contributed by atoms with Crippen LogP contribution in [0.5, 0.6) is 0 Å². The molecule has 1 aromatic rings. The second-order valence-corrected chi connectivity index (χ2v) is 6.57. The summed E-state index contributed by atoms with van der Waals surface area (Å²) in [4.78, 5) is 0. The number of nitrogens with two attached hydrogens (primary N) is 1. The molecule has 3 atom stereocenters. The van der Waals surface area contributed by atoms with Gasteiger partial charge in [0.15, 0.2) is 0 Å². The Balaban J connectivity index is 2.28. The number of aliphatic hydroxyl groups excluding tert-OH is 1. The van der Waals surface area contributed by atoms with Gasteiger partial charge in [-0.15, -0.1) is 0 Å². The summed E-state index contributed by atoms with van der Waals surface area (Å²) in [7, 11) is 0. The molecule has 1 fully saturated rings. The first kappa shape index (κ1) is 14.9. The van der Waals surface area contributed by atoms with Crippen molar-refractivity contribution in [2.45, 2.75) is 38.7 Å². The maximum absolute atomic E-state index is 14.0. The van der Waals surface area contributed by atoms with Gasteiger partial charge in [-0.2, -0.15) is 0 Å². The van der Waals surface area contributed by atoms with Gasteiger partial charge in [-0.25, -0.2) is 4.39 Å². The van der Waals surface area contributed by atoms with E-state index in [-0.39, 0.29) is 11.2 Å². The Hall–Kier alpha value is -0.450. The van der Waals surface area contributed by atoms with Gasteiger partial charge in [0.25, 0.3) is 0 Å². The SMILES string of the molecule is CCC1CCC(CN)(C(O)c2ccc(Br)cc2F)C1. The molecular weight excluding hydrogens is 309 g/mol. The minimum absolute atomic E-state index is 0.366. The lowest BCUT2D eigenvalue weighted by Crippen LogP contribution is -2.35. The molecule has 1 aliphatic carbocycles. The Morgan fingerprint density at radius 2 is 2.32 bits per heavy atom. The third kappa shape index (κ3) is 2.86. The molecule has 4 heteroatoms. The van der Waals surface area contributed by atoms with Crippen LogP contribution in [-0.2, 0) is 0 Å². The van der Waals surface area contributed by atoms with Crippen molar-refractivity contribution in [2.24, 2.45) is 17.1 Å². The highest BCUT2D eigenvalue weighted by atomic mass is 79.9. The Morgan fingerprint density at radius 1 is 1.58 bits per heavy atom. The summed E-state index contributed by atoms with van der Waals surface area (Å²) in [5.74, 6) is 0.228. The van der Waals surface area contributed by atoms with Crippen LogP contribution in [-0.4, -0.2) is 11.7 Å². The second kappa shape index (κ2) is 5.90. The predicted octanol–water partition coefficient (Wildman–Crippen LogP) is 3.78. The fourth-order valence-electron chi connectivity index (χ4n) is 3.22. The van der Waals surface area contributed by atoms with Gasteiger partial charge in [0.05, 0.1) is 6.10 Å². The average molecular weight is 330 g/mol. The minimum atomic E-state index is -0.817. The van der Waals surface area contributed by atoms with E-state index in [4.69, 9.17) is 5.73 Å². The Bertz CT molecular complexity index is 454. The van der Waals surface area contributed by atoms with Gasteiger partial charge in [-0.3, -0.25) is 0 Å². The smallest absolute Gasteiger partial charge is 0.130 e. The molecule has 0 aromatic heterocycles. The molecule has 0 saturated heterocycles. The largest absolute Gasteiger partial charge is 0.388 e. The number of rotatable bonds is 4. The summed E-state index contributed by atoms with van der Waals surface area (Å²) in [6.07, 6.45) is 3.11. The predicted molar refractivity (Wildman–Crippen MR) is 78.2 cm³/mol. The monoisotopic (exact) mass is 329 g/mol. The van der Waals surface area contributed by atoms with Gasteiger partial charge < -0.3 is 10.8 Å². The van der Waals surface area contributed by atoms with Crippen molar-refractivity contribution in [1.82, 2.24) is 0 Å². The summed E-state index contributed by atoms with van der Waals surface area (Å²) in [6.45, 7) is 2.56. The molecule has 3 unspecified atom stereocenters. The molecule has 1 aliphatic rings. The van der Waals surface area contributed by atoms with Crippen molar-refractivity contribution in [3.63, 3.8) is 0 Å². The van der Waals surface area contributed by atoms with Gasteiger partial charge in [-0.05, 0) is 37.3 Å². The number of aliphatic hydroxyl groups is 1. The van der Waals surface area contributed by atoms with E-state index in [1.165, 1.54) is 6.07 Å². The number of benzene rings is 1. The van der Waals surface area contributed by atoms with Crippen molar-refractivity contribution in [3.8, 4) is 0 Å². The van der Waals surface area contributed by atoms with E-state index in [1.54, 1.807) is 12.1 Å². The number of hydrogen-bond acceptors (Lipinski definition) is 2. The molecule has 0 heterocycles. The van der Waals surface area contributed by atoms with Crippen LogP contribution in [0.15, 0.2) is 22.7 Å². The van der Waals surface area contributed by atoms with Crippen LogP contribution in [0.2, 0.25) is 0 Å². The maximum atomic E-state index is 14.0. The summed E-state index contributed by atoms with van der Waals surface area (Å²) in [5, 5.41) is 10.6. The second-order valence-electron chi connectivity index (χ2n) is 5.65. The van der Waals surface area contributed by atoms with E-state index in [2.05, 4.69) is 22.9 Å². The van der Waals surface area contributed by atoms with Crippen LogP contribution < -0.4 is 5.73 Å². The van der Waals surface area contributed by atoms with Crippen LogP contribution in [0.25, 0.3) is 0 Å². The normalized spacial score (nSPS) is 28.6. The van der Waals surface area contributed by atoms with E-state index in [1.807, 2.05) is 0 Å². The fourth-order valence-corrected chi connectivity index (χ4v) is 3.55. The van der Waals surface area contributed by atoms with E-state index in [0.29, 0.717) is 22.5 Å². The van der Waals surface area contributed by atoms with E-state index in [0.717, 1.165) is 25.7 Å². The van der Waals surface area contributed by atoms with Crippen molar-refractivity contribution < 1.29 is 9.50 Å². The fraction of sp³-hybridized carbons (Fsp3) is 0.600. The molecule has 1 saturated carbocycles. The number of hydrogen-bond donors (Lipinski definition) is 2. The van der Waals surface area contributed by atoms with Gasteiger partial charge >= 0.3 is 0 Å². The van der Waals surface area contributed by atoms with Gasteiger partial charge in [0.2, 0.25) is 0 Å². The third-order valence-corrected chi connectivity index (χ3v) is 5.06. The molecule has 0 radical (unpaired) electrons. The van der Waals surface area contributed by atoms with Crippen LogP contribution in [0.3, 0.4) is 0 Å². The molecule has 3 N–H and O–H groups in total. The van der Waals surface area contributed by atoms with E-state index in [9.17, 15) is 9.50 Å². The average Bonchev–Trinajstić information content (AvgIpc) is 2.83. The van der Waals surface area contributed by atoms with Crippen LogP contribution in [0.1, 0.15) is 44.3 Å². The summed E-state index contributed by atoms with van der Waals surface area (Å²) >= 11 is 3.23. The van der Waals surface area contributed by atoms with Gasteiger partial charge in [0, 0.05) is 22.0 Å². The lowest BCUT2D eigenvalue weighted by atomic mass is 9.76. The van der Waals surface area contributed by atoms with Gasteiger partial charge in [-0.1, -0.05) is 35.3 Å². The quantitative estimate of drug-likeness (QED) is 0.883. The zero-order valence-electron chi connectivity index (χ0n) is 11.2. The van der Waals surface area contributed by atoms with Crippen LogP contribution in [0.4, 0.5) is 4.39 Å². The molecule has 2 nitrogen and oxygen atoms in total. The molecular formula is C15H21BrFNO. The Morgan fingerprint density at radius 3 is 2.84 bits per heavy atom. The third-order valence-electron chi connectivity index (χ3n) is 4.57. The molecule has 0 amide bonds. The molecule has 0 aliphatic heterocycles. The molecule has 2 rings (SSSR count). The lowest BCUT2D eigenvalue weighted by Gasteiger charge is -2.34. The molecule has 19 heavy (non-hydrogen) atoms. The van der Waals surface area contributed by atoms with Gasteiger partial charge in [0.1, 0.15) is 5.82 Å². The highest BCUT2D eigenvalue weighted by Crippen LogP contribution is 2.50. The highest BCUT2D eigenvalue weighted by Gasteiger charge is 2.44. The maximum Gasteiger partial charge on any atom is 0.130 e.